The molecule has 5 rings (SSSR count). The van der Waals surface area contributed by atoms with E-state index in [9.17, 15) is 21.6 Å². The minimum Gasteiger partial charge on any atom is -0.459 e. The average molecular weight is 484 g/mol. The van der Waals surface area contributed by atoms with Crippen LogP contribution in [0.5, 0.6) is 0 Å². The van der Waals surface area contributed by atoms with Crippen LogP contribution in [0.3, 0.4) is 0 Å². The molecule has 6 nitrogen and oxygen atoms in total. The number of fused-ring (bicyclic) bond motifs is 1. The predicted octanol–water partition coefficient (Wildman–Crippen LogP) is 4.40. The summed E-state index contributed by atoms with van der Waals surface area (Å²) in [6.45, 7) is 2.19. The number of alkyl halides is 3. The SMILES string of the molecule is CS(=O)(=O)N1CC=C(c2cc3cc(C4CCN(CC5(C(F)(F)F)CC5)CC4)oc3cn2)CC1. The molecule has 33 heavy (non-hydrogen) atoms. The second-order valence-corrected chi connectivity index (χ2v) is 11.7. The van der Waals surface area contributed by atoms with Gasteiger partial charge in [-0.05, 0) is 62.9 Å². The number of piperidine rings is 1. The summed E-state index contributed by atoms with van der Waals surface area (Å²) in [7, 11) is -3.20. The summed E-state index contributed by atoms with van der Waals surface area (Å²) in [5.74, 6) is 1.05. The molecule has 0 aromatic carbocycles. The number of furan rings is 1. The van der Waals surface area contributed by atoms with Crippen molar-refractivity contribution in [1.82, 2.24) is 14.2 Å². The van der Waals surface area contributed by atoms with Gasteiger partial charge >= 0.3 is 6.18 Å². The molecule has 10 heteroatoms. The van der Waals surface area contributed by atoms with E-state index in [1.807, 2.05) is 23.1 Å². The monoisotopic (exact) mass is 483 g/mol. The fraction of sp³-hybridized carbons (Fsp3) is 0.609. The van der Waals surface area contributed by atoms with Gasteiger partial charge in [-0.25, -0.2) is 8.42 Å². The normalized spacial score (nSPS) is 23.1. The Hall–Kier alpha value is -1.91. The van der Waals surface area contributed by atoms with Crippen LogP contribution in [0.2, 0.25) is 0 Å². The Morgan fingerprint density at radius 2 is 1.91 bits per heavy atom. The smallest absolute Gasteiger partial charge is 0.395 e. The van der Waals surface area contributed by atoms with Gasteiger partial charge in [-0.1, -0.05) is 6.08 Å². The molecule has 2 fully saturated rings. The van der Waals surface area contributed by atoms with Crippen LogP contribution < -0.4 is 0 Å². The van der Waals surface area contributed by atoms with E-state index in [0.717, 1.165) is 35.3 Å². The van der Waals surface area contributed by atoms with Gasteiger partial charge in [0.2, 0.25) is 10.0 Å². The molecule has 4 heterocycles. The highest BCUT2D eigenvalue weighted by Crippen LogP contribution is 2.58. The van der Waals surface area contributed by atoms with Crippen LogP contribution in [0.4, 0.5) is 13.2 Å². The lowest BCUT2D eigenvalue weighted by molar-refractivity contribution is -0.192. The van der Waals surface area contributed by atoms with E-state index in [2.05, 4.69) is 4.98 Å². The van der Waals surface area contributed by atoms with Gasteiger partial charge in [0.15, 0.2) is 5.58 Å². The minimum atomic E-state index is -4.11. The first-order valence-electron chi connectivity index (χ1n) is 11.4. The molecule has 0 atom stereocenters. The van der Waals surface area contributed by atoms with Crippen molar-refractivity contribution in [2.45, 2.75) is 44.2 Å². The summed E-state index contributed by atoms with van der Waals surface area (Å²) >= 11 is 0. The number of likely N-dealkylation sites (tertiary alicyclic amines) is 1. The van der Waals surface area contributed by atoms with E-state index in [1.54, 1.807) is 6.20 Å². The fourth-order valence-corrected chi connectivity index (χ4v) is 5.78. The molecular weight excluding hydrogens is 455 g/mol. The highest BCUT2D eigenvalue weighted by molar-refractivity contribution is 7.88. The summed E-state index contributed by atoms with van der Waals surface area (Å²) in [6.07, 6.45) is 3.37. The topological polar surface area (TPSA) is 66.7 Å². The number of hydrogen-bond acceptors (Lipinski definition) is 5. The van der Waals surface area contributed by atoms with Crippen LogP contribution in [0.15, 0.2) is 28.8 Å². The van der Waals surface area contributed by atoms with E-state index in [4.69, 9.17) is 4.42 Å². The van der Waals surface area contributed by atoms with Gasteiger partial charge in [-0.15, -0.1) is 0 Å². The van der Waals surface area contributed by atoms with Crippen LogP contribution in [-0.2, 0) is 10.0 Å². The molecule has 1 aliphatic carbocycles. The summed E-state index contributed by atoms with van der Waals surface area (Å²) in [6, 6.07) is 3.99. The van der Waals surface area contributed by atoms with Crippen LogP contribution in [0, 0.1) is 5.41 Å². The van der Waals surface area contributed by atoms with Crippen LogP contribution in [0.25, 0.3) is 16.5 Å². The molecule has 0 spiro atoms. The van der Waals surface area contributed by atoms with Gasteiger partial charge in [0.1, 0.15) is 5.76 Å². The van der Waals surface area contributed by atoms with Gasteiger partial charge < -0.3 is 9.32 Å². The van der Waals surface area contributed by atoms with Crippen molar-refractivity contribution in [3.63, 3.8) is 0 Å². The highest BCUT2D eigenvalue weighted by Gasteiger charge is 2.63. The molecule has 2 aromatic rings. The Morgan fingerprint density at radius 1 is 1.18 bits per heavy atom. The Kier molecular flexibility index (Phi) is 5.61. The number of halogens is 3. The van der Waals surface area contributed by atoms with Crippen LogP contribution in [-0.4, -0.2) is 67.8 Å². The van der Waals surface area contributed by atoms with Gasteiger partial charge in [0.05, 0.1) is 23.6 Å². The third kappa shape index (κ3) is 4.57. The second kappa shape index (κ2) is 8.09. The molecule has 2 aromatic heterocycles. The first-order chi connectivity index (χ1) is 15.5. The van der Waals surface area contributed by atoms with Gasteiger partial charge in [0, 0.05) is 30.9 Å². The van der Waals surface area contributed by atoms with Gasteiger partial charge in [-0.3, -0.25) is 4.98 Å². The first kappa shape index (κ1) is 22.9. The van der Waals surface area contributed by atoms with Crippen LogP contribution in [0.1, 0.15) is 49.5 Å². The maximum atomic E-state index is 13.3. The van der Waals surface area contributed by atoms with Crippen molar-refractivity contribution in [3.8, 4) is 0 Å². The molecule has 0 radical (unpaired) electrons. The van der Waals surface area contributed by atoms with E-state index in [0.29, 0.717) is 38.2 Å². The second-order valence-electron chi connectivity index (χ2n) is 9.69. The number of nitrogens with zero attached hydrogens (tertiary/aromatic N) is 3. The lowest BCUT2D eigenvalue weighted by Crippen LogP contribution is -2.42. The molecule has 0 bridgehead atoms. The summed E-state index contributed by atoms with van der Waals surface area (Å²) in [5.41, 5.74) is 1.05. The number of sulfonamides is 1. The molecule has 1 saturated heterocycles. The first-order valence-corrected chi connectivity index (χ1v) is 13.2. The van der Waals surface area contributed by atoms with Crippen molar-refractivity contribution in [3.05, 3.63) is 35.9 Å². The number of aromatic nitrogens is 1. The Morgan fingerprint density at radius 3 is 2.48 bits per heavy atom. The zero-order valence-corrected chi connectivity index (χ0v) is 19.4. The quantitative estimate of drug-likeness (QED) is 0.631. The average Bonchev–Trinajstić information content (AvgIpc) is 3.44. The van der Waals surface area contributed by atoms with Crippen molar-refractivity contribution in [2.75, 3.05) is 39.0 Å². The number of pyridine rings is 1. The molecule has 0 N–H and O–H groups in total. The Labute approximate surface area is 191 Å². The zero-order chi connectivity index (χ0) is 23.4. The number of hydrogen-bond donors (Lipinski definition) is 0. The highest BCUT2D eigenvalue weighted by atomic mass is 32.2. The summed E-state index contributed by atoms with van der Waals surface area (Å²) in [4.78, 5) is 6.47. The summed E-state index contributed by atoms with van der Waals surface area (Å²) < 4.78 is 70.7. The maximum absolute atomic E-state index is 13.3. The minimum absolute atomic E-state index is 0.114. The third-order valence-electron chi connectivity index (χ3n) is 7.36. The van der Waals surface area contributed by atoms with E-state index in [-0.39, 0.29) is 25.3 Å². The molecular formula is C23H28F3N3O3S. The lowest BCUT2D eigenvalue weighted by Gasteiger charge is -2.34. The van der Waals surface area contributed by atoms with Crippen molar-refractivity contribution in [1.29, 1.82) is 0 Å². The van der Waals surface area contributed by atoms with Crippen molar-refractivity contribution < 1.29 is 26.0 Å². The zero-order valence-electron chi connectivity index (χ0n) is 18.6. The van der Waals surface area contributed by atoms with E-state index in [1.165, 1.54) is 10.6 Å². The number of rotatable bonds is 5. The molecule has 3 aliphatic rings. The predicted molar refractivity (Wildman–Crippen MR) is 119 cm³/mol. The van der Waals surface area contributed by atoms with Crippen molar-refractivity contribution >= 4 is 26.6 Å². The van der Waals surface area contributed by atoms with E-state index >= 15 is 0 Å². The van der Waals surface area contributed by atoms with Gasteiger partial charge in [0.25, 0.3) is 0 Å². The molecule has 1 saturated carbocycles. The fourth-order valence-electron chi connectivity index (χ4n) is 5.01. The maximum Gasteiger partial charge on any atom is 0.395 e. The van der Waals surface area contributed by atoms with E-state index < -0.39 is 21.6 Å². The Bertz CT molecular complexity index is 1180. The lowest BCUT2D eigenvalue weighted by atomic mass is 9.93. The standard InChI is InChI=1S/C23H28F3N3O3S/c1-33(30,31)29-10-4-16(5-11-29)19-12-18-13-20(32-21(18)14-27-19)17-2-8-28(9-3-17)15-22(6-7-22)23(24,25)26/h4,12-14,17H,2-3,5-11,15H2,1H3. The van der Waals surface area contributed by atoms with Gasteiger partial charge in [-0.2, -0.15) is 17.5 Å². The molecule has 2 aliphatic heterocycles. The summed E-state index contributed by atoms with van der Waals surface area (Å²) in [5, 5.41) is 0.942. The Balaban J connectivity index is 1.24. The van der Waals surface area contributed by atoms with Crippen LogP contribution >= 0.6 is 0 Å². The molecule has 0 unspecified atom stereocenters. The third-order valence-corrected chi connectivity index (χ3v) is 8.63. The van der Waals surface area contributed by atoms with Crippen molar-refractivity contribution in [2.24, 2.45) is 5.41 Å². The molecule has 0 amide bonds. The largest absolute Gasteiger partial charge is 0.459 e. The molecule has 180 valence electrons.